The summed E-state index contributed by atoms with van der Waals surface area (Å²) in [6, 6.07) is 10.5. The van der Waals surface area contributed by atoms with Gasteiger partial charge in [0.1, 0.15) is 17.3 Å². The Bertz CT molecular complexity index is 873. The maximum absolute atomic E-state index is 9.15. The fourth-order valence-corrected chi connectivity index (χ4v) is 2.23. The molecular formula is C15H9BrN4O. The molecule has 0 aliphatic carbocycles. The van der Waals surface area contributed by atoms with E-state index in [2.05, 4.69) is 32.0 Å². The van der Waals surface area contributed by atoms with Crippen molar-refractivity contribution in [2.24, 2.45) is 0 Å². The van der Waals surface area contributed by atoms with Crippen molar-refractivity contribution in [3.8, 4) is 17.6 Å². The number of nitrogens with zero attached hydrogens (tertiary/aromatic N) is 3. The van der Waals surface area contributed by atoms with E-state index in [9.17, 15) is 0 Å². The van der Waals surface area contributed by atoms with E-state index in [1.165, 1.54) is 0 Å². The van der Waals surface area contributed by atoms with Crippen molar-refractivity contribution in [3.63, 3.8) is 0 Å². The van der Waals surface area contributed by atoms with Crippen molar-refractivity contribution in [2.75, 3.05) is 5.73 Å². The Hall–Kier alpha value is -2.65. The number of ether oxygens (including phenoxy) is 1. The lowest BCUT2D eigenvalue weighted by Gasteiger charge is -2.09. The molecule has 5 nitrogen and oxygen atoms in total. The first-order valence-corrected chi connectivity index (χ1v) is 6.84. The van der Waals surface area contributed by atoms with Gasteiger partial charge in [-0.2, -0.15) is 5.26 Å². The lowest BCUT2D eigenvalue weighted by atomic mass is 10.2. The fraction of sp³-hybridized carbons (Fsp3) is 0. The summed E-state index contributed by atoms with van der Waals surface area (Å²) < 4.78 is 6.65. The molecule has 0 saturated carbocycles. The summed E-state index contributed by atoms with van der Waals surface area (Å²) in [6.45, 7) is 0. The first-order valence-electron chi connectivity index (χ1n) is 6.05. The van der Waals surface area contributed by atoms with E-state index < -0.39 is 0 Å². The molecule has 0 atom stereocenters. The number of nitrogens with two attached hydrogens (primary N) is 1. The zero-order valence-electron chi connectivity index (χ0n) is 10.7. The number of nitrogen functional groups attached to an aromatic ring is 1. The SMILES string of the molecule is N#Cc1cc(N)ccc1Oc1ccnc2cc(Br)cnc12. The van der Waals surface area contributed by atoms with Crippen LogP contribution in [0.15, 0.2) is 47.2 Å². The van der Waals surface area contributed by atoms with Gasteiger partial charge in [-0.25, -0.2) is 4.98 Å². The average Bonchev–Trinajstić information content (AvgIpc) is 2.49. The third-order valence-corrected chi connectivity index (χ3v) is 3.28. The Morgan fingerprint density at radius 3 is 2.81 bits per heavy atom. The van der Waals surface area contributed by atoms with Crippen LogP contribution in [0.25, 0.3) is 11.0 Å². The lowest BCUT2D eigenvalue weighted by Crippen LogP contribution is -1.93. The van der Waals surface area contributed by atoms with Gasteiger partial charge in [-0.15, -0.1) is 0 Å². The fourth-order valence-electron chi connectivity index (χ4n) is 1.91. The Balaban J connectivity index is 2.09. The molecule has 0 bridgehead atoms. The lowest BCUT2D eigenvalue weighted by molar-refractivity contribution is 0.485. The molecule has 0 aliphatic heterocycles. The molecular weight excluding hydrogens is 332 g/mol. The number of rotatable bonds is 2. The van der Waals surface area contributed by atoms with Crippen molar-refractivity contribution in [2.45, 2.75) is 0 Å². The average molecular weight is 341 g/mol. The quantitative estimate of drug-likeness (QED) is 0.720. The minimum atomic E-state index is 0.372. The molecule has 1 aromatic carbocycles. The van der Waals surface area contributed by atoms with Crippen LogP contribution >= 0.6 is 15.9 Å². The van der Waals surface area contributed by atoms with Crippen LogP contribution in [0.4, 0.5) is 5.69 Å². The number of hydrogen-bond donors (Lipinski definition) is 1. The minimum Gasteiger partial charge on any atom is -0.454 e. The van der Waals surface area contributed by atoms with Crippen LogP contribution in [-0.4, -0.2) is 9.97 Å². The highest BCUT2D eigenvalue weighted by Crippen LogP contribution is 2.31. The summed E-state index contributed by atoms with van der Waals surface area (Å²) in [4.78, 5) is 8.55. The number of hydrogen-bond acceptors (Lipinski definition) is 5. The van der Waals surface area contributed by atoms with E-state index in [0.29, 0.717) is 33.8 Å². The third kappa shape index (κ3) is 2.64. The first kappa shape index (κ1) is 13.3. The zero-order valence-corrected chi connectivity index (χ0v) is 12.3. The van der Waals surface area contributed by atoms with Crippen molar-refractivity contribution in [1.29, 1.82) is 5.26 Å². The van der Waals surface area contributed by atoms with Gasteiger partial charge in [0, 0.05) is 28.6 Å². The molecule has 6 heteroatoms. The summed E-state index contributed by atoms with van der Waals surface area (Å²) in [5.41, 5.74) is 7.89. The predicted molar refractivity (Wildman–Crippen MR) is 82.9 cm³/mol. The second-order valence-corrected chi connectivity index (χ2v) is 5.22. The maximum Gasteiger partial charge on any atom is 0.156 e. The molecule has 2 heterocycles. The van der Waals surface area contributed by atoms with Crippen LogP contribution in [0.2, 0.25) is 0 Å². The second-order valence-electron chi connectivity index (χ2n) is 4.30. The van der Waals surface area contributed by atoms with Gasteiger partial charge in [-0.05, 0) is 40.2 Å². The Morgan fingerprint density at radius 2 is 2.00 bits per heavy atom. The van der Waals surface area contributed by atoms with Crippen LogP contribution in [0.1, 0.15) is 5.56 Å². The van der Waals surface area contributed by atoms with Gasteiger partial charge in [0.2, 0.25) is 0 Å². The molecule has 21 heavy (non-hydrogen) atoms. The van der Waals surface area contributed by atoms with Crippen molar-refractivity contribution < 1.29 is 4.74 Å². The van der Waals surface area contributed by atoms with Gasteiger partial charge < -0.3 is 10.5 Å². The second kappa shape index (κ2) is 5.38. The first-order chi connectivity index (χ1) is 10.2. The molecule has 3 rings (SSSR count). The molecule has 0 radical (unpaired) electrons. The predicted octanol–water partition coefficient (Wildman–Crippen LogP) is 3.64. The van der Waals surface area contributed by atoms with E-state index in [4.69, 9.17) is 15.7 Å². The van der Waals surface area contributed by atoms with E-state index in [0.717, 1.165) is 4.47 Å². The molecule has 0 fully saturated rings. The van der Waals surface area contributed by atoms with Crippen molar-refractivity contribution >= 4 is 32.7 Å². The minimum absolute atomic E-state index is 0.372. The van der Waals surface area contributed by atoms with E-state index in [1.54, 1.807) is 36.7 Å². The van der Waals surface area contributed by atoms with Gasteiger partial charge in [0.05, 0.1) is 11.1 Å². The van der Waals surface area contributed by atoms with Crippen LogP contribution in [-0.2, 0) is 0 Å². The summed E-state index contributed by atoms with van der Waals surface area (Å²) in [6.07, 6.45) is 3.31. The number of anilines is 1. The topological polar surface area (TPSA) is 84.8 Å². The smallest absolute Gasteiger partial charge is 0.156 e. The highest BCUT2D eigenvalue weighted by Gasteiger charge is 2.09. The highest BCUT2D eigenvalue weighted by atomic mass is 79.9. The summed E-state index contributed by atoms with van der Waals surface area (Å²) in [7, 11) is 0. The number of aromatic nitrogens is 2. The van der Waals surface area contributed by atoms with Gasteiger partial charge in [-0.1, -0.05) is 0 Å². The molecule has 0 unspecified atom stereocenters. The van der Waals surface area contributed by atoms with Gasteiger partial charge in [0.15, 0.2) is 5.75 Å². The molecule has 0 aliphatic rings. The van der Waals surface area contributed by atoms with E-state index in [-0.39, 0.29) is 0 Å². The molecule has 0 spiro atoms. The van der Waals surface area contributed by atoms with Crippen molar-refractivity contribution in [1.82, 2.24) is 9.97 Å². The number of fused-ring (bicyclic) bond motifs is 1. The monoisotopic (exact) mass is 340 g/mol. The molecule has 2 N–H and O–H groups in total. The molecule has 0 saturated heterocycles. The van der Waals surface area contributed by atoms with E-state index >= 15 is 0 Å². The van der Waals surface area contributed by atoms with Crippen molar-refractivity contribution in [3.05, 3.63) is 52.8 Å². The number of nitriles is 1. The zero-order chi connectivity index (χ0) is 14.8. The van der Waals surface area contributed by atoms with Gasteiger partial charge in [-0.3, -0.25) is 4.98 Å². The van der Waals surface area contributed by atoms with Crippen LogP contribution in [0.5, 0.6) is 11.5 Å². The number of pyridine rings is 2. The Kier molecular flexibility index (Phi) is 3.42. The summed E-state index contributed by atoms with van der Waals surface area (Å²) >= 11 is 3.35. The standard InChI is InChI=1S/C15H9BrN4O/c16-10-6-12-15(20-8-10)14(3-4-19-12)21-13-2-1-11(18)5-9(13)7-17/h1-6,8H,18H2. The largest absolute Gasteiger partial charge is 0.454 e. The Morgan fingerprint density at radius 1 is 1.14 bits per heavy atom. The van der Waals surface area contributed by atoms with Crippen LogP contribution in [0.3, 0.4) is 0 Å². The van der Waals surface area contributed by atoms with Crippen LogP contribution < -0.4 is 10.5 Å². The normalized spacial score (nSPS) is 10.3. The summed E-state index contributed by atoms with van der Waals surface area (Å²) in [5, 5.41) is 9.15. The third-order valence-electron chi connectivity index (χ3n) is 2.85. The number of halogens is 1. The molecule has 2 aromatic heterocycles. The number of benzene rings is 1. The summed E-state index contributed by atoms with van der Waals surface area (Å²) in [5.74, 6) is 0.970. The maximum atomic E-state index is 9.15. The van der Waals surface area contributed by atoms with Crippen LogP contribution in [0, 0.1) is 11.3 Å². The van der Waals surface area contributed by atoms with Gasteiger partial charge >= 0.3 is 0 Å². The van der Waals surface area contributed by atoms with E-state index in [1.807, 2.05) is 6.07 Å². The highest BCUT2D eigenvalue weighted by molar-refractivity contribution is 9.10. The molecule has 3 aromatic rings. The molecule has 102 valence electrons. The van der Waals surface area contributed by atoms with Gasteiger partial charge in [0.25, 0.3) is 0 Å². The Labute approximate surface area is 129 Å². The molecule has 0 amide bonds.